The van der Waals surface area contributed by atoms with Gasteiger partial charge in [-0.3, -0.25) is 9.30 Å². The summed E-state index contributed by atoms with van der Waals surface area (Å²) in [6, 6.07) is 4.43. The first-order valence-corrected chi connectivity index (χ1v) is 7.90. The first-order chi connectivity index (χ1) is 11.5. The molecule has 8 heteroatoms. The van der Waals surface area contributed by atoms with Crippen LogP contribution in [0.3, 0.4) is 0 Å². The average molecular weight is 341 g/mol. The highest BCUT2D eigenvalue weighted by Crippen LogP contribution is 2.30. The number of likely N-dealkylation sites (tertiary alicyclic amines) is 1. The zero-order valence-corrected chi connectivity index (χ0v) is 13.1. The Morgan fingerprint density at radius 1 is 1.21 bits per heavy atom. The van der Waals surface area contributed by atoms with Crippen LogP contribution in [-0.2, 0) is 10.9 Å². The number of hydrogen-bond acceptors (Lipinski definition) is 4. The maximum Gasteiger partial charge on any atom is 0.450 e. The molecule has 0 N–H and O–H groups in total. The number of ether oxygens (including phenoxy) is 1. The summed E-state index contributed by atoms with van der Waals surface area (Å²) >= 11 is 0. The first-order valence-electron chi connectivity index (χ1n) is 7.90. The zero-order valence-electron chi connectivity index (χ0n) is 13.1. The lowest BCUT2D eigenvalue weighted by molar-refractivity contribution is -0.145. The fourth-order valence-electron chi connectivity index (χ4n) is 2.91. The number of fused-ring (bicyclic) bond motifs is 1. The van der Waals surface area contributed by atoms with E-state index in [0.717, 1.165) is 30.3 Å². The fourth-order valence-corrected chi connectivity index (χ4v) is 2.91. The number of alkyl halides is 3. The minimum absolute atomic E-state index is 0.0906. The summed E-state index contributed by atoms with van der Waals surface area (Å²) in [7, 11) is 0. The van der Waals surface area contributed by atoms with Gasteiger partial charge in [0.05, 0.1) is 5.52 Å². The number of halogens is 3. The van der Waals surface area contributed by atoms with Gasteiger partial charge in [0.2, 0.25) is 5.82 Å². The van der Waals surface area contributed by atoms with E-state index in [2.05, 4.69) is 9.88 Å². The molecule has 3 rings (SSSR count). The van der Waals surface area contributed by atoms with Crippen LogP contribution in [0.2, 0.25) is 0 Å². The van der Waals surface area contributed by atoms with E-state index in [1.807, 2.05) is 0 Å². The number of piperidine rings is 1. The van der Waals surface area contributed by atoms with Gasteiger partial charge in [-0.25, -0.2) is 9.78 Å². The van der Waals surface area contributed by atoms with E-state index in [9.17, 15) is 18.0 Å². The van der Waals surface area contributed by atoms with Crippen LogP contribution < -0.4 is 0 Å². The van der Waals surface area contributed by atoms with E-state index < -0.39 is 18.0 Å². The van der Waals surface area contributed by atoms with Crippen LogP contribution in [-0.4, -0.2) is 46.5 Å². The molecule has 0 atom stereocenters. The van der Waals surface area contributed by atoms with Crippen LogP contribution in [0, 0.1) is 0 Å². The number of imidazole rings is 1. The summed E-state index contributed by atoms with van der Waals surface area (Å²) in [5.74, 6) is -1.95. The SMILES string of the molecule is O=C(OCCN1CCCCC1)c1nc(C(F)(F)F)n2ccccc12. The maximum absolute atomic E-state index is 13.0. The first kappa shape index (κ1) is 16.8. The third kappa shape index (κ3) is 3.53. The van der Waals surface area contributed by atoms with Crippen LogP contribution in [0.1, 0.15) is 35.6 Å². The van der Waals surface area contributed by atoms with Gasteiger partial charge in [0.1, 0.15) is 6.61 Å². The lowest BCUT2D eigenvalue weighted by Crippen LogP contribution is -2.33. The Labute approximate surface area is 137 Å². The molecule has 0 saturated carbocycles. The highest BCUT2D eigenvalue weighted by atomic mass is 19.4. The maximum atomic E-state index is 13.0. The molecule has 3 heterocycles. The van der Waals surface area contributed by atoms with Crippen molar-refractivity contribution in [2.24, 2.45) is 0 Å². The second-order valence-electron chi connectivity index (χ2n) is 5.78. The molecule has 130 valence electrons. The monoisotopic (exact) mass is 341 g/mol. The van der Waals surface area contributed by atoms with E-state index in [1.165, 1.54) is 24.8 Å². The molecule has 0 amide bonds. The zero-order chi connectivity index (χ0) is 17.2. The molecular weight excluding hydrogens is 323 g/mol. The van der Waals surface area contributed by atoms with Crippen LogP contribution in [0.25, 0.3) is 5.52 Å². The molecule has 5 nitrogen and oxygen atoms in total. The van der Waals surface area contributed by atoms with E-state index in [-0.39, 0.29) is 17.8 Å². The molecule has 0 aliphatic carbocycles. The molecule has 2 aromatic heterocycles. The quantitative estimate of drug-likeness (QED) is 0.802. The van der Waals surface area contributed by atoms with Crippen molar-refractivity contribution >= 4 is 11.5 Å². The van der Waals surface area contributed by atoms with Crippen LogP contribution in [0.5, 0.6) is 0 Å². The number of esters is 1. The molecule has 0 unspecified atom stereocenters. The minimum Gasteiger partial charge on any atom is -0.460 e. The minimum atomic E-state index is -4.64. The Hall–Kier alpha value is -2.09. The Morgan fingerprint density at radius 2 is 1.96 bits per heavy atom. The Kier molecular flexibility index (Phi) is 4.75. The van der Waals surface area contributed by atoms with Crippen molar-refractivity contribution < 1.29 is 22.7 Å². The third-order valence-electron chi connectivity index (χ3n) is 4.08. The highest BCUT2D eigenvalue weighted by molar-refractivity contribution is 5.95. The molecule has 0 bridgehead atoms. The average Bonchev–Trinajstić information content (AvgIpc) is 2.96. The van der Waals surface area contributed by atoms with Crippen LogP contribution in [0.15, 0.2) is 24.4 Å². The normalized spacial score (nSPS) is 16.5. The Balaban J connectivity index is 1.72. The van der Waals surface area contributed by atoms with Gasteiger partial charge in [-0.2, -0.15) is 13.2 Å². The van der Waals surface area contributed by atoms with Gasteiger partial charge in [-0.15, -0.1) is 0 Å². The number of aromatic nitrogens is 2. The Morgan fingerprint density at radius 3 is 2.67 bits per heavy atom. The molecule has 1 aliphatic rings. The number of carbonyl (C=O) groups is 1. The van der Waals surface area contributed by atoms with Crippen molar-refractivity contribution in [3.63, 3.8) is 0 Å². The third-order valence-corrected chi connectivity index (χ3v) is 4.08. The van der Waals surface area contributed by atoms with Gasteiger partial charge >= 0.3 is 12.1 Å². The van der Waals surface area contributed by atoms with Gasteiger partial charge in [0.15, 0.2) is 5.69 Å². The molecule has 24 heavy (non-hydrogen) atoms. The number of pyridine rings is 1. The molecule has 1 aliphatic heterocycles. The largest absolute Gasteiger partial charge is 0.460 e. The molecule has 0 radical (unpaired) electrons. The Bertz CT molecular complexity index is 721. The number of rotatable bonds is 4. The summed E-state index contributed by atoms with van der Waals surface area (Å²) in [6.45, 7) is 2.65. The molecule has 1 fully saturated rings. The van der Waals surface area contributed by atoms with Crippen molar-refractivity contribution in [3.8, 4) is 0 Å². The van der Waals surface area contributed by atoms with E-state index in [4.69, 9.17) is 4.74 Å². The second kappa shape index (κ2) is 6.80. The predicted octanol–water partition coefficient (Wildman–Crippen LogP) is 3.00. The highest BCUT2D eigenvalue weighted by Gasteiger charge is 2.38. The van der Waals surface area contributed by atoms with Gasteiger partial charge in [0.25, 0.3) is 0 Å². The molecule has 0 aromatic carbocycles. The summed E-state index contributed by atoms with van der Waals surface area (Å²) in [4.78, 5) is 17.8. The number of carbonyl (C=O) groups excluding carboxylic acids is 1. The smallest absolute Gasteiger partial charge is 0.450 e. The molecular formula is C16H18F3N3O2. The van der Waals surface area contributed by atoms with E-state index >= 15 is 0 Å². The van der Waals surface area contributed by atoms with Gasteiger partial charge in [-0.1, -0.05) is 12.5 Å². The predicted molar refractivity (Wildman–Crippen MR) is 80.8 cm³/mol. The number of hydrogen-bond donors (Lipinski definition) is 0. The van der Waals surface area contributed by atoms with E-state index in [0.29, 0.717) is 6.54 Å². The summed E-state index contributed by atoms with van der Waals surface area (Å²) in [6.07, 6.45) is 0.0343. The van der Waals surface area contributed by atoms with Crippen molar-refractivity contribution in [1.82, 2.24) is 14.3 Å². The van der Waals surface area contributed by atoms with Crippen molar-refractivity contribution in [1.29, 1.82) is 0 Å². The topological polar surface area (TPSA) is 46.8 Å². The lowest BCUT2D eigenvalue weighted by Gasteiger charge is -2.25. The van der Waals surface area contributed by atoms with Crippen molar-refractivity contribution in [2.75, 3.05) is 26.2 Å². The van der Waals surface area contributed by atoms with Gasteiger partial charge in [-0.05, 0) is 38.1 Å². The van der Waals surface area contributed by atoms with E-state index in [1.54, 1.807) is 6.07 Å². The van der Waals surface area contributed by atoms with Crippen molar-refractivity contribution in [3.05, 3.63) is 35.9 Å². The molecule has 2 aromatic rings. The molecule has 0 spiro atoms. The fraction of sp³-hybridized carbons (Fsp3) is 0.500. The standard InChI is InChI=1S/C16H18F3N3O2/c17-16(18,19)15-20-13(12-6-2-5-9-22(12)15)14(23)24-11-10-21-7-3-1-4-8-21/h2,5-6,9H,1,3-4,7-8,10-11H2. The number of nitrogens with zero attached hydrogens (tertiary/aromatic N) is 3. The summed E-state index contributed by atoms with van der Waals surface area (Å²) < 4.78 is 45.1. The van der Waals surface area contributed by atoms with Gasteiger partial charge in [0, 0.05) is 12.7 Å². The van der Waals surface area contributed by atoms with Gasteiger partial charge < -0.3 is 4.74 Å². The summed E-state index contributed by atoms with van der Waals surface area (Å²) in [5, 5.41) is 0. The second-order valence-corrected chi connectivity index (χ2v) is 5.78. The molecule has 1 saturated heterocycles. The van der Waals surface area contributed by atoms with Crippen LogP contribution in [0.4, 0.5) is 13.2 Å². The summed E-state index contributed by atoms with van der Waals surface area (Å²) in [5.41, 5.74) is -0.214. The van der Waals surface area contributed by atoms with Crippen LogP contribution >= 0.6 is 0 Å². The van der Waals surface area contributed by atoms with Crippen molar-refractivity contribution in [2.45, 2.75) is 25.4 Å². The lowest BCUT2D eigenvalue weighted by atomic mass is 10.1.